The van der Waals surface area contributed by atoms with E-state index < -0.39 is 0 Å². The molecular weight excluding hydrogens is 488 g/mol. The van der Waals surface area contributed by atoms with Gasteiger partial charge in [0.05, 0.1) is 6.54 Å². The van der Waals surface area contributed by atoms with Gasteiger partial charge in [-0.25, -0.2) is 0 Å². The van der Waals surface area contributed by atoms with Crippen LogP contribution in [0.4, 0.5) is 0 Å². The largest absolute Gasteiger partial charge is 0.351 e. The summed E-state index contributed by atoms with van der Waals surface area (Å²) >= 11 is 0. The summed E-state index contributed by atoms with van der Waals surface area (Å²) in [5.41, 5.74) is 5.14. The molecule has 0 atom stereocenters. The minimum atomic E-state index is -0.105. The number of hydrogen-bond acceptors (Lipinski definition) is 4. The van der Waals surface area contributed by atoms with Crippen LogP contribution >= 0.6 is 0 Å². The third-order valence-corrected chi connectivity index (χ3v) is 7.11. The van der Waals surface area contributed by atoms with Gasteiger partial charge in [-0.3, -0.25) is 14.4 Å². The standard InChI is InChI=1S/C32H34N4O3/c1-21-4-7-26(31(38)34-27-11-12-27)19-29(21)24-10-13-28-25(18-24)14-16-36(32(28)39)20-22-5-8-23(9-6-22)30(37)33-15-17-35(2)3/h4-10,13-14,16,18-19,27H,11-12,15,17,20H2,1-3H3,(H,33,37)(H,34,38). The Morgan fingerprint density at radius 1 is 0.923 bits per heavy atom. The first-order valence-electron chi connectivity index (χ1n) is 13.4. The third kappa shape index (κ3) is 6.26. The molecule has 0 radical (unpaired) electrons. The number of hydrogen-bond donors (Lipinski definition) is 2. The van der Waals surface area contributed by atoms with E-state index in [-0.39, 0.29) is 17.4 Å². The van der Waals surface area contributed by atoms with Crippen LogP contribution in [0.1, 0.15) is 44.7 Å². The summed E-state index contributed by atoms with van der Waals surface area (Å²) in [7, 11) is 3.93. The molecule has 5 rings (SSSR count). The van der Waals surface area contributed by atoms with Crippen molar-refractivity contribution in [2.75, 3.05) is 27.2 Å². The van der Waals surface area contributed by atoms with Gasteiger partial charge in [-0.1, -0.05) is 24.3 Å². The molecular formula is C32H34N4O3. The first-order chi connectivity index (χ1) is 18.8. The number of carbonyl (C=O) groups excluding carboxylic acids is 2. The first-order valence-corrected chi connectivity index (χ1v) is 13.4. The maximum absolute atomic E-state index is 13.3. The molecule has 1 heterocycles. The number of nitrogens with one attached hydrogen (secondary N) is 2. The van der Waals surface area contributed by atoms with Gasteiger partial charge >= 0.3 is 0 Å². The highest BCUT2D eigenvalue weighted by atomic mass is 16.2. The summed E-state index contributed by atoms with van der Waals surface area (Å²) in [5, 5.41) is 7.45. The number of benzene rings is 3. The second kappa shape index (κ2) is 11.3. The normalized spacial score (nSPS) is 13.0. The van der Waals surface area contributed by atoms with Crippen LogP contribution in [-0.4, -0.2) is 54.5 Å². The molecule has 1 aromatic heterocycles. The van der Waals surface area contributed by atoms with Crippen molar-refractivity contribution in [2.45, 2.75) is 32.4 Å². The Balaban J connectivity index is 1.33. The second-order valence-electron chi connectivity index (χ2n) is 10.6. The van der Waals surface area contributed by atoms with Gasteiger partial charge in [-0.15, -0.1) is 0 Å². The molecule has 4 aromatic rings. The smallest absolute Gasteiger partial charge is 0.258 e. The molecule has 2 N–H and O–H groups in total. The molecule has 2 amide bonds. The summed E-state index contributed by atoms with van der Waals surface area (Å²) < 4.78 is 1.68. The highest BCUT2D eigenvalue weighted by Gasteiger charge is 2.24. The monoisotopic (exact) mass is 522 g/mol. The van der Waals surface area contributed by atoms with Crippen molar-refractivity contribution >= 4 is 22.6 Å². The van der Waals surface area contributed by atoms with E-state index in [1.807, 2.05) is 86.7 Å². The van der Waals surface area contributed by atoms with Crippen molar-refractivity contribution in [1.82, 2.24) is 20.1 Å². The maximum Gasteiger partial charge on any atom is 0.258 e. The van der Waals surface area contributed by atoms with Gasteiger partial charge in [0.15, 0.2) is 0 Å². The quantitative estimate of drug-likeness (QED) is 0.345. The number of rotatable bonds is 9. The van der Waals surface area contributed by atoms with Gasteiger partial charge < -0.3 is 20.1 Å². The lowest BCUT2D eigenvalue weighted by Crippen LogP contribution is -2.31. The van der Waals surface area contributed by atoms with Gasteiger partial charge in [-0.2, -0.15) is 0 Å². The zero-order valence-corrected chi connectivity index (χ0v) is 22.7. The lowest BCUT2D eigenvalue weighted by molar-refractivity contribution is 0.0942. The number of aryl methyl sites for hydroxylation is 1. The number of pyridine rings is 1. The van der Waals surface area contributed by atoms with Crippen LogP contribution in [-0.2, 0) is 6.54 Å². The number of likely N-dealkylation sites (N-methyl/N-ethyl adjacent to an activating group) is 1. The van der Waals surface area contributed by atoms with E-state index in [0.29, 0.717) is 35.6 Å². The third-order valence-electron chi connectivity index (χ3n) is 7.11. The van der Waals surface area contributed by atoms with E-state index in [4.69, 9.17) is 0 Å². The average Bonchev–Trinajstić information content (AvgIpc) is 3.74. The summed E-state index contributed by atoms with van der Waals surface area (Å²) in [5.74, 6) is -0.146. The zero-order chi connectivity index (χ0) is 27.5. The molecule has 1 aliphatic carbocycles. The Bertz CT molecular complexity index is 1580. The highest BCUT2D eigenvalue weighted by molar-refractivity contribution is 5.97. The van der Waals surface area contributed by atoms with Crippen molar-refractivity contribution in [1.29, 1.82) is 0 Å². The molecule has 7 nitrogen and oxygen atoms in total. The first kappa shape index (κ1) is 26.4. The number of carbonyl (C=O) groups is 2. The maximum atomic E-state index is 13.3. The van der Waals surface area contributed by atoms with Crippen LogP contribution in [0.15, 0.2) is 77.7 Å². The Morgan fingerprint density at radius 3 is 2.38 bits per heavy atom. The topological polar surface area (TPSA) is 83.4 Å². The fourth-order valence-electron chi connectivity index (χ4n) is 4.60. The SMILES string of the molecule is Cc1ccc(C(=O)NC2CC2)cc1-c1ccc2c(=O)n(Cc3ccc(C(=O)NCCN(C)C)cc3)ccc2c1. The van der Waals surface area contributed by atoms with Gasteiger partial charge in [-0.05, 0) is 104 Å². The molecule has 200 valence electrons. The van der Waals surface area contributed by atoms with E-state index >= 15 is 0 Å². The van der Waals surface area contributed by atoms with E-state index in [9.17, 15) is 14.4 Å². The predicted octanol–water partition coefficient (Wildman–Crippen LogP) is 4.21. The number of fused-ring (bicyclic) bond motifs is 1. The van der Waals surface area contributed by atoms with Crippen LogP contribution in [0.5, 0.6) is 0 Å². The Morgan fingerprint density at radius 2 is 1.67 bits per heavy atom. The molecule has 0 saturated heterocycles. The Labute approximate surface area is 228 Å². The van der Waals surface area contributed by atoms with Crippen LogP contribution in [0.3, 0.4) is 0 Å². The van der Waals surface area contributed by atoms with Crippen LogP contribution in [0, 0.1) is 6.92 Å². The molecule has 0 aliphatic heterocycles. The predicted molar refractivity (Wildman–Crippen MR) is 155 cm³/mol. The number of nitrogens with zero attached hydrogens (tertiary/aromatic N) is 2. The molecule has 3 aromatic carbocycles. The summed E-state index contributed by atoms with van der Waals surface area (Å²) in [6.45, 7) is 3.80. The average molecular weight is 523 g/mol. The zero-order valence-electron chi connectivity index (χ0n) is 22.7. The Kier molecular flexibility index (Phi) is 7.61. The van der Waals surface area contributed by atoms with E-state index in [1.54, 1.807) is 16.7 Å². The Hall–Kier alpha value is -4.23. The van der Waals surface area contributed by atoms with Crippen molar-refractivity contribution in [2.24, 2.45) is 0 Å². The molecule has 1 saturated carbocycles. The molecule has 1 fully saturated rings. The molecule has 0 spiro atoms. The van der Waals surface area contributed by atoms with E-state index in [2.05, 4.69) is 10.6 Å². The lowest BCUT2D eigenvalue weighted by Gasteiger charge is -2.12. The van der Waals surface area contributed by atoms with Crippen molar-refractivity contribution in [3.8, 4) is 11.1 Å². The van der Waals surface area contributed by atoms with Crippen LogP contribution in [0.2, 0.25) is 0 Å². The number of aromatic nitrogens is 1. The summed E-state index contributed by atoms with van der Waals surface area (Å²) in [4.78, 5) is 40.2. The number of amides is 2. The summed E-state index contributed by atoms with van der Waals surface area (Å²) in [6.07, 6.45) is 3.90. The highest BCUT2D eigenvalue weighted by Crippen LogP contribution is 2.28. The van der Waals surface area contributed by atoms with E-state index in [1.165, 1.54) is 0 Å². The minimum Gasteiger partial charge on any atom is -0.351 e. The van der Waals surface area contributed by atoms with Gasteiger partial charge in [0.25, 0.3) is 17.4 Å². The summed E-state index contributed by atoms with van der Waals surface area (Å²) in [6, 6.07) is 21.2. The molecule has 1 aliphatic rings. The van der Waals surface area contributed by atoms with Crippen LogP contribution in [0.25, 0.3) is 21.9 Å². The molecule has 7 heteroatoms. The molecule has 0 unspecified atom stereocenters. The van der Waals surface area contributed by atoms with Crippen molar-refractivity contribution < 1.29 is 9.59 Å². The van der Waals surface area contributed by atoms with Gasteiger partial charge in [0.2, 0.25) is 0 Å². The fourth-order valence-corrected chi connectivity index (χ4v) is 4.60. The van der Waals surface area contributed by atoms with Crippen molar-refractivity contribution in [3.05, 3.63) is 106 Å². The van der Waals surface area contributed by atoms with Gasteiger partial charge in [0, 0.05) is 41.8 Å². The second-order valence-corrected chi connectivity index (χ2v) is 10.6. The van der Waals surface area contributed by atoms with E-state index in [0.717, 1.165) is 47.0 Å². The van der Waals surface area contributed by atoms with Crippen LogP contribution < -0.4 is 16.2 Å². The lowest BCUT2D eigenvalue weighted by atomic mass is 9.96. The molecule has 0 bridgehead atoms. The van der Waals surface area contributed by atoms with Crippen molar-refractivity contribution in [3.63, 3.8) is 0 Å². The fraction of sp³-hybridized carbons (Fsp3) is 0.281. The minimum absolute atomic E-state index is 0.0413. The molecule has 39 heavy (non-hydrogen) atoms. The van der Waals surface area contributed by atoms with Gasteiger partial charge in [0.1, 0.15) is 0 Å².